The van der Waals surface area contributed by atoms with Gasteiger partial charge in [0.2, 0.25) is 0 Å². The van der Waals surface area contributed by atoms with Crippen LogP contribution in [0.3, 0.4) is 0 Å². The number of ether oxygens (including phenoxy) is 1. The topological polar surface area (TPSA) is 62.1 Å². The molecule has 130 valence electrons. The molecule has 1 N–H and O–H groups in total. The Morgan fingerprint density at radius 2 is 1.72 bits per heavy atom. The lowest BCUT2D eigenvalue weighted by atomic mass is 10.00. The van der Waals surface area contributed by atoms with E-state index in [2.05, 4.69) is 43.4 Å². The normalized spacial score (nSPS) is 11.6. The molecule has 0 aromatic heterocycles. The minimum atomic E-state index is -0.178. The number of carbonyl (C=O) groups is 1. The summed E-state index contributed by atoms with van der Waals surface area (Å²) in [7, 11) is 0. The van der Waals surface area contributed by atoms with Gasteiger partial charge in [0.25, 0.3) is 5.91 Å². The maximum atomic E-state index is 12.0. The van der Waals surface area contributed by atoms with Crippen molar-refractivity contribution in [2.24, 2.45) is 5.92 Å². The summed E-state index contributed by atoms with van der Waals surface area (Å²) in [5.74, 6) is 1.02. The second-order valence-electron chi connectivity index (χ2n) is 6.55. The number of hydrogen-bond donors (Lipinski definition) is 1. The fraction of sp³-hybridized carbons (Fsp3) is 0.333. The Morgan fingerprint density at radius 3 is 2.28 bits per heavy atom. The molecule has 1 amide bonds. The van der Waals surface area contributed by atoms with Gasteiger partial charge in [0, 0.05) is 0 Å². The molecular formula is C21H24N2O2. The van der Waals surface area contributed by atoms with E-state index in [0.29, 0.717) is 17.2 Å². The van der Waals surface area contributed by atoms with Crippen molar-refractivity contribution in [2.75, 3.05) is 6.61 Å². The second kappa shape index (κ2) is 8.89. The third kappa shape index (κ3) is 5.96. The molecule has 1 atom stereocenters. The van der Waals surface area contributed by atoms with Gasteiger partial charge < -0.3 is 10.1 Å². The van der Waals surface area contributed by atoms with Crippen LogP contribution in [-0.2, 0) is 11.2 Å². The third-order valence-corrected chi connectivity index (χ3v) is 3.85. The lowest BCUT2D eigenvalue weighted by molar-refractivity contribution is -0.123. The molecule has 0 fully saturated rings. The predicted octanol–water partition coefficient (Wildman–Crippen LogP) is 4.01. The summed E-state index contributed by atoms with van der Waals surface area (Å²) in [6.45, 7) is 6.30. The Balaban J connectivity index is 1.83. The van der Waals surface area contributed by atoms with E-state index in [9.17, 15) is 4.79 Å². The van der Waals surface area contributed by atoms with Gasteiger partial charge in [-0.25, -0.2) is 0 Å². The highest BCUT2D eigenvalue weighted by Crippen LogP contribution is 2.16. The molecule has 2 aromatic carbocycles. The van der Waals surface area contributed by atoms with Crippen molar-refractivity contribution in [2.45, 2.75) is 33.2 Å². The van der Waals surface area contributed by atoms with E-state index >= 15 is 0 Å². The Bertz CT molecular complexity index is 728. The van der Waals surface area contributed by atoms with Crippen molar-refractivity contribution in [3.05, 3.63) is 65.2 Å². The highest BCUT2D eigenvalue weighted by atomic mass is 16.5. The summed E-state index contributed by atoms with van der Waals surface area (Å²) < 4.78 is 5.45. The fourth-order valence-electron chi connectivity index (χ4n) is 2.55. The number of amides is 1. The highest BCUT2D eigenvalue weighted by molar-refractivity contribution is 5.78. The standard InChI is InChI=1S/C21H24N2O2/c1-15(2)12-17-4-8-19(9-5-17)16(3)23-21(24)14-25-20-10-6-18(13-22)7-11-20/h4-11,15-16H,12,14H2,1-3H3,(H,23,24)/t16-/m0/s1. The zero-order valence-electron chi connectivity index (χ0n) is 15.0. The Labute approximate surface area is 149 Å². The van der Waals surface area contributed by atoms with Crippen molar-refractivity contribution >= 4 is 5.91 Å². The minimum absolute atomic E-state index is 0.0539. The molecule has 0 saturated heterocycles. The van der Waals surface area contributed by atoms with Crippen molar-refractivity contribution in [3.8, 4) is 11.8 Å². The van der Waals surface area contributed by atoms with E-state index in [1.807, 2.05) is 13.0 Å². The smallest absolute Gasteiger partial charge is 0.258 e. The van der Waals surface area contributed by atoms with Crippen molar-refractivity contribution in [1.82, 2.24) is 5.32 Å². The van der Waals surface area contributed by atoms with Crippen LogP contribution < -0.4 is 10.1 Å². The molecule has 0 bridgehead atoms. The molecule has 0 aliphatic carbocycles. The van der Waals surface area contributed by atoms with E-state index in [1.165, 1.54) is 5.56 Å². The van der Waals surface area contributed by atoms with Crippen molar-refractivity contribution in [3.63, 3.8) is 0 Å². The molecule has 0 saturated carbocycles. The first-order valence-corrected chi connectivity index (χ1v) is 8.49. The SMILES string of the molecule is CC(C)Cc1ccc([C@H](C)NC(=O)COc2ccc(C#N)cc2)cc1. The van der Waals surface area contributed by atoms with Gasteiger partial charge in [-0.15, -0.1) is 0 Å². The second-order valence-corrected chi connectivity index (χ2v) is 6.55. The van der Waals surface area contributed by atoms with Crippen LogP contribution in [0.5, 0.6) is 5.75 Å². The summed E-state index contributed by atoms with van der Waals surface area (Å²) in [5.41, 5.74) is 2.94. The number of carbonyl (C=O) groups excluding carboxylic acids is 1. The van der Waals surface area contributed by atoms with Crippen molar-refractivity contribution < 1.29 is 9.53 Å². The lowest BCUT2D eigenvalue weighted by Crippen LogP contribution is -2.31. The monoisotopic (exact) mass is 336 g/mol. The molecule has 0 aliphatic heterocycles. The van der Waals surface area contributed by atoms with E-state index in [1.54, 1.807) is 24.3 Å². The van der Waals surface area contributed by atoms with E-state index in [0.717, 1.165) is 12.0 Å². The van der Waals surface area contributed by atoms with Gasteiger partial charge in [-0.1, -0.05) is 38.1 Å². The summed E-state index contributed by atoms with van der Waals surface area (Å²) in [5, 5.41) is 11.7. The van der Waals surface area contributed by atoms with Crippen LogP contribution in [0, 0.1) is 17.2 Å². The van der Waals surface area contributed by atoms with Gasteiger partial charge in [-0.2, -0.15) is 5.26 Å². The van der Waals surface area contributed by atoms with Crippen LogP contribution in [0.1, 0.15) is 43.5 Å². The fourth-order valence-corrected chi connectivity index (χ4v) is 2.55. The summed E-state index contributed by atoms with van der Waals surface area (Å²) in [4.78, 5) is 12.0. The molecule has 0 radical (unpaired) electrons. The Hall–Kier alpha value is -2.80. The van der Waals surface area contributed by atoms with Crippen molar-refractivity contribution in [1.29, 1.82) is 5.26 Å². The van der Waals surface area contributed by atoms with Crippen LogP contribution in [-0.4, -0.2) is 12.5 Å². The largest absolute Gasteiger partial charge is 0.484 e. The molecule has 0 spiro atoms. The molecule has 0 unspecified atom stereocenters. The number of benzene rings is 2. The van der Waals surface area contributed by atoms with Crippen LogP contribution in [0.2, 0.25) is 0 Å². The average Bonchev–Trinajstić information content (AvgIpc) is 2.60. The van der Waals surface area contributed by atoms with E-state index in [-0.39, 0.29) is 18.6 Å². The zero-order valence-corrected chi connectivity index (χ0v) is 15.0. The number of nitrogens with zero attached hydrogens (tertiary/aromatic N) is 1. The van der Waals surface area contributed by atoms with Gasteiger partial charge in [0.1, 0.15) is 5.75 Å². The molecule has 0 aliphatic rings. The van der Waals surface area contributed by atoms with Gasteiger partial charge in [0.05, 0.1) is 17.7 Å². The first-order chi connectivity index (χ1) is 12.0. The van der Waals surface area contributed by atoms with E-state index < -0.39 is 0 Å². The molecule has 0 heterocycles. The predicted molar refractivity (Wildman–Crippen MR) is 98.2 cm³/mol. The van der Waals surface area contributed by atoms with Crippen LogP contribution in [0.4, 0.5) is 0 Å². The quantitative estimate of drug-likeness (QED) is 0.831. The lowest BCUT2D eigenvalue weighted by Gasteiger charge is -2.15. The van der Waals surface area contributed by atoms with Crippen LogP contribution in [0.25, 0.3) is 0 Å². The average molecular weight is 336 g/mol. The van der Waals surface area contributed by atoms with Crippen LogP contribution >= 0.6 is 0 Å². The van der Waals surface area contributed by atoms with E-state index in [4.69, 9.17) is 10.00 Å². The number of rotatable bonds is 7. The molecule has 2 rings (SSSR count). The molecule has 4 heteroatoms. The highest BCUT2D eigenvalue weighted by Gasteiger charge is 2.10. The van der Waals surface area contributed by atoms with Gasteiger partial charge in [0.15, 0.2) is 6.61 Å². The first-order valence-electron chi connectivity index (χ1n) is 8.49. The molecule has 4 nitrogen and oxygen atoms in total. The number of nitrogens with one attached hydrogen (secondary N) is 1. The summed E-state index contributed by atoms with van der Waals surface area (Å²) in [6.07, 6.45) is 1.06. The van der Waals surface area contributed by atoms with Gasteiger partial charge in [-0.05, 0) is 54.7 Å². The molecular weight excluding hydrogens is 312 g/mol. The summed E-state index contributed by atoms with van der Waals surface area (Å²) >= 11 is 0. The first kappa shape index (κ1) is 18.5. The molecule has 2 aromatic rings. The molecule has 25 heavy (non-hydrogen) atoms. The summed E-state index contributed by atoms with van der Waals surface area (Å²) in [6, 6.07) is 17.0. The van der Waals surface area contributed by atoms with Gasteiger partial charge in [-0.3, -0.25) is 4.79 Å². The maximum absolute atomic E-state index is 12.0. The number of hydrogen-bond acceptors (Lipinski definition) is 3. The van der Waals surface area contributed by atoms with Gasteiger partial charge >= 0.3 is 0 Å². The Kier molecular flexibility index (Phi) is 6.59. The zero-order chi connectivity index (χ0) is 18.2. The Morgan fingerprint density at radius 1 is 1.08 bits per heavy atom. The third-order valence-electron chi connectivity index (χ3n) is 3.85. The number of nitriles is 1. The maximum Gasteiger partial charge on any atom is 0.258 e. The minimum Gasteiger partial charge on any atom is -0.484 e. The van der Waals surface area contributed by atoms with Crippen LogP contribution in [0.15, 0.2) is 48.5 Å².